The highest BCUT2D eigenvalue weighted by Crippen LogP contribution is 2.25. The number of aliphatic hydroxyl groups excluding tert-OH is 1. The molecule has 1 aromatic heterocycles. The minimum absolute atomic E-state index is 0.224. The standard InChI is InChI=1S/C12H22N2OS/c1-7(6-15)8(2)13-9(3)12-10(4)14-11(5)16-12/h7-9,13,15H,6H2,1-5H3. The lowest BCUT2D eigenvalue weighted by Gasteiger charge is -2.23. The van der Waals surface area contributed by atoms with Crippen molar-refractivity contribution in [3.8, 4) is 0 Å². The number of rotatable bonds is 5. The Morgan fingerprint density at radius 2 is 1.94 bits per heavy atom. The molecule has 0 radical (unpaired) electrons. The average molecular weight is 242 g/mol. The molecule has 3 nitrogen and oxygen atoms in total. The van der Waals surface area contributed by atoms with Crippen LogP contribution >= 0.6 is 11.3 Å². The Bertz CT molecular complexity index is 338. The second-order valence-corrected chi connectivity index (χ2v) is 5.75. The predicted octanol–water partition coefficient (Wildman–Crippen LogP) is 2.43. The van der Waals surface area contributed by atoms with Crippen LogP contribution in [0.1, 0.15) is 42.4 Å². The minimum Gasteiger partial charge on any atom is -0.396 e. The Labute approximate surface area is 102 Å². The van der Waals surface area contributed by atoms with Gasteiger partial charge in [-0.1, -0.05) is 6.92 Å². The molecule has 1 heterocycles. The number of aliphatic hydroxyl groups is 1. The van der Waals surface area contributed by atoms with Gasteiger partial charge in [0.2, 0.25) is 0 Å². The van der Waals surface area contributed by atoms with E-state index in [2.05, 4.69) is 38.0 Å². The zero-order valence-corrected chi connectivity index (χ0v) is 11.6. The maximum Gasteiger partial charge on any atom is 0.0900 e. The summed E-state index contributed by atoms with van der Waals surface area (Å²) >= 11 is 1.75. The highest BCUT2D eigenvalue weighted by atomic mass is 32.1. The number of aryl methyl sites for hydroxylation is 2. The molecule has 0 saturated heterocycles. The van der Waals surface area contributed by atoms with Crippen LogP contribution in [0.4, 0.5) is 0 Å². The predicted molar refractivity (Wildman–Crippen MR) is 68.9 cm³/mol. The van der Waals surface area contributed by atoms with Gasteiger partial charge >= 0.3 is 0 Å². The molecule has 92 valence electrons. The maximum absolute atomic E-state index is 9.10. The van der Waals surface area contributed by atoms with Crippen molar-refractivity contribution < 1.29 is 5.11 Å². The van der Waals surface area contributed by atoms with Gasteiger partial charge in [-0.2, -0.15) is 0 Å². The molecule has 0 saturated carbocycles. The van der Waals surface area contributed by atoms with Crippen LogP contribution in [0.25, 0.3) is 0 Å². The van der Waals surface area contributed by atoms with Crippen LogP contribution in [-0.2, 0) is 0 Å². The Hall–Kier alpha value is -0.450. The number of thiazole rings is 1. The fourth-order valence-electron chi connectivity index (χ4n) is 1.74. The first-order chi connectivity index (χ1) is 7.45. The van der Waals surface area contributed by atoms with Gasteiger partial charge in [0, 0.05) is 23.6 Å². The molecule has 4 heteroatoms. The molecule has 0 aromatic carbocycles. The van der Waals surface area contributed by atoms with Gasteiger partial charge < -0.3 is 10.4 Å². The Morgan fingerprint density at radius 1 is 1.31 bits per heavy atom. The summed E-state index contributed by atoms with van der Waals surface area (Å²) in [6, 6.07) is 0.608. The molecule has 1 aromatic rings. The molecule has 1 rings (SSSR count). The molecule has 2 N–H and O–H groups in total. The topological polar surface area (TPSA) is 45.2 Å². The molecule has 0 aliphatic heterocycles. The van der Waals surface area contributed by atoms with Gasteiger partial charge in [-0.05, 0) is 33.6 Å². The van der Waals surface area contributed by atoms with E-state index in [0.29, 0.717) is 12.1 Å². The van der Waals surface area contributed by atoms with E-state index >= 15 is 0 Å². The Morgan fingerprint density at radius 3 is 2.38 bits per heavy atom. The van der Waals surface area contributed by atoms with Crippen LogP contribution in [-0.4, -0.2) is 22.7 Å². The van der Waals surface area contributed by atoms with E-state index in [4.69, 9.17) is 5.11 Å². The Kier molecular flexibility index (Phi) is 4.89. The van der Waals surface area contributed by atoms with Crippen molar-refractivity contribution in [2.24, 2.45) is 5.92 Å². The summed E-state index contributed by atoms with van der Waals surface area (Å²) in [5, 5.41) is 13.7. The molecular weight excluding hydrogens is 220 g/mol. The van der Waals surface area contributed by atoms with Crippen LogP contribution < -0.4 is 5.32 Å². The van der Waals surface area contributed by atoms with Crippen molar-refractivity contribution in [2.45, 2.75) is 46.7 Å². The van der Waals surface area contributed by atoms with Crippen LogP contribution in [0.5, 0.6) is 0 Å². The van der Waals surface area contributed by atoms with E-state index in [1.54, 1.807) is 11.3 Å². The summed E-state index contributed by atoms with van der Waals surface area (Å²) in [6.07, 6.45) is 0. The average Bonchev–Trinajstić information content (AvgIpc) is 2.56. The van der Waals surface area contributed by atoms with Crippen LogP contribution in [0.2, 0.25) is 0 Å². The summed E-state index contributed by atoms with van der Waals surface area (Å²) in [6.45, 7) is 10.6. The van der Waals surface area contributed by atoms with E-state index < -0.39 is 0 Å². The van der Waals surface area contributed by atoms with E-state index in [9.17, 15) is 0 Å². The molecule has 0 aliphatic carbocycles. The number of hydrogen-bond acceptors (Lipinski definition) is 4. The third kappa shape index (κ3) is 3.27. The fraction of sp³-hybridized carbons (Fsp3) is 0.750. The SMILES string of the molecule is Cc1nc(C)c(C(C)NC(C)C(C)CO)s1. The van der Waals surface area contributed by atoms with Gasteiger partial charge in [-0.3, -0.25) is 0 Å². The zero-order valence-electron chi connectivity index (χ0n) is 10.7. The zero-order chi connectivity index (χ0) is 12.3. The lowest BCUT2D eigenvalue weighted by Crippen LogP contribution is -2.35. The first-order valence-electron chi connectivity index (χ1n) is 5.76. The summed E-state index contributed by atoms with van der Waals surface area (Å²) < 4.78 is 0. The summed E-state index contributed by atoms with van der Waals surface area (Å²) in [7, 11) is 0. The molecule has 3 atom stereocenters. The minimum atomic E-state index is 0.224. The van der Waals surface area contributed by atoms with Crippen molar-refractivity contribution >= 4 is 11.3 Å². The van der Waals surface area contributed by atoms with E-state index in [1.165, 1.54) is 4.88 Å². The quantitative estimate of drug-likeness (QED) is 0.833. The molecule has 3 unspecified atom stereocenters. The van der Waals surface area contributed by atoms with Crippen molar-refractivity contribution in [3.63, 3.8) is 0 Å². The highest BCUT2D eigenvalue weighted by molar-refractivity contribution is 7.11. The van der Waals surface area contributed by atoms with Gasteiger partial charge in [-0.25, -0.2) is 4.98 Å². The molecule has 0 aliphatic rings. The molecular formula is C12H22N2OS. The third-order valence-electron chi connectivity index (χ3n) is 2.99. The van der Waals surface area contributed by atoms with Crippen molar-refractivity contribution in [1.82, 2.24) is 10.3 Å². The molecule has 0 amide bonds. The van der Waals surface area contributed by atoms with Crippen molar-refractivity contribution in [2.75, 3.05) is 6.61 Å². The summed E-state index contributed by atoms with van der Waals surface area (Å²) in [5.74, 6) is 0.275. The van der Waals surface area contributed by atoms with Crippen molar-refractivity contribution in [3.05, 3.63) is 15.6 Å². The van der Waals surface area contributed by atoms with Crippen LogP contribution in [0.3, 0.4) is 0 Å². The van der Waals surface area contributed by atoms with Gasteiger partial charge in [0.15, 0.2) is 0 Å². The maximum atomic E-state index is 9.10. The molecule has 0 bridgehead atoms. The van der Waals surface area contributed by atoms with Crippen LogP contribution in [0, 0.1) is 19.8 Å². The second kappa shape index (κ2) is 5.75. The number of hydrogen-bond donors (Lipinski definition) is 2. The van der Waals surface area contributed by atoms with Gasteiger partial charge in [0.05, 0.1) is 10.7 Å². The molecule has 16 heavy (non-hydrogen) atoms. The number of nitrogens with one attached hydrogen (secondary N) is 1. The van der Waals surface area contributed by atoms with Crippen LogP contribution in [0.15, 0.2) is 0 Å². The van der Waals surface area contributed by atoms with E-state index in [-0.39, 0.29) is 12.5 Å². The smallest absolute Gasteiger partial charge is 0.0900 e. The lowest BCUT2D eigenvalue weighted by atomic mass is 10.0. The normalized spacial score (nSPS) is 17.1. The largest absolute Gasteiger partial charge is 0.396 e. The molecule has 0 spiro atoms. The van der Waals surface area contributed by atoms with Gasteiger partial charge in [0.1, 0.15) is 0 Å². The van der Waals surface area contributed by atoms with Crippen molar-refractivity contribution in [1.29, 1.82) is 0 Å². The highest BCUT2D eigenvalue weighted by Gasteiger charge is 2.17. The fourth-order valence-corrected chi connectivity index (χ4v) is 2.68. The van der Waals surface area contributed by atoms with Gasteiger partial charge in [0.25, 0.3) is 0 Å². The first-order valence-corrected chi connectivity index (χ1v) is 6.58. The third-order valence-corrected chi connectivity index (χ3v) is 4.24. The molecule has 0 fully saturated rings. The van der Waals surface area contributed by atoms with E-state index in [1.807, 2.05) is 6.92 Å². The first kappa shape index (κ1) is 13.6. The number of aromatic nitrogens is 1. The number of nitrogens with zero attached hydrogens (tertiary/aromatic N) is 1. The van der Waals surface area contributed by atoms with Gasteiger partial charge in [-0.15, -0.1) is 11.3 Å². The second-order valence-electron chi connectivity index (χ2n) is 4.52. The monoisotopic (exact) mass is 242 g/mol. The lowest BCUT2D eigenvalue weighted by molar-refractivity contribution is 0.202. The Balaban J connectivity index is 2.65. The summed E-state index contributed by atoms with van der Waals surface area (Å²) in [5.41, 5.74) is 1.12. The van der Waals surface area contributed by atoms with E-state index in [0.717, 1.165) is 10.7 Å². The summed E-state index contributed by atoms with van der Waals surface area (Å²) in [4.78, 5) is 5.73.